The van der Waals surface area contributed by atoms with E-state index in [1.807, 2.05) is 0 Å². The third kappa shape index (κ3) is 3.33. The first-order valence-electron chi connectivity index (χ1n) is 6.65. The normalized spacial score (nSPS) is 25.4. The van der Waals surface area contributed by atoms with Gasteiger partial charge in [-0.1, -0.05) is 25.5 Å². The number of nitrogens with one attached hydrogen (secondary N) is 1. The molecule has 2 heteroatoms. The van der Waals surface area contributed by atoms with E-state index in [1.165, 1.54) is 25.0 Å². The Morgan fingerprint density at radius 1 is 1.38 bits per heavy atom. The van der Waals surface area contributed by atoms with Gasteiger partial charge in [0.25, 0.3) is 0 Å². The lowest BCUT2D eigenvalue weighted by atomic mass is 9.89. The van der Waals surface area contributed by atoms with Crippen molar-refractivity contribution in [2.24, 2.45) is 0 Å². The van der Waals surface area contributed by atoms with Crippen molar-refractivity contribution in [3.8, 4) is 0 Å². The van der Waals surface area contributed by atoms with Gasteiger partial charge >= 0.3 is 0 Å². The van der Waals surface area contributed by atoms with Crippen LogP contribution in [-0.4, -0.2) is 36.1 Å². The summed E-state index contributed by atoms with van der Waals surface area (Å²) in [6.45, 7) is 14.7. The molecule has 1 saturated heterocycles. The van der Waals surface area contributed by atoms with Gasteiger partial charge < -0.3 is 5.32 Å². The first-order valence-corrected chi connectivity index (χ1v) is 6.65. The van der Waals surface area contributed by atoms with Crippen LogP contribution in [-0.2, 0) is 0 Å². The van der Waals surface area contributed by atoms with E-state index in [-0.39, 0.29) is 0 Å². The van der Waals surface area contributed by atoms with Gasteiger partial charge in [-0.25, -0.2) is 0 Å². The lowest BCUT2D eigenvalue weighted by Gasteiger charge is -2.46. The third-order valence-corrected chi connectivity index (χ3v) is 3.99. The molecule has 1 fully saturated rings. The molecule has 0 amide bonds. The zero-order valence-electron chi connectivity index (χ0n) is 11.6. The number of hydrogen-bond acceptors (Lipinski definition) is 2. The van der Waals surface area contributed by atoms with Crippen molar-refractivity contribution in [1.29, 1.82) is 0 Å². The van der Waals surface area contributed by atoms with Gasteiger partial charge in [0.15, 0.2) is 0 Å². The van der Waals surface area contributed by atoms with Crippen LogP contribution in [0.15, 0.2) is 11.6 Å². The van der Waals surface area contributed by atoms with E-state index in [4.69, 9.17) is 0 Å². The van der Waals surface area contributed by atoms with Crippen LogP contribution >= 0.6 is 0 Å². The molecule has 0 aromatic carbocycles. The lowest BCUT2D eigenvalue weighted by Crippen LogP contribution is -2.63. The Bertz CT molecular complexity index is 237. The fraction of sp³-hybridized carbons (Fsp3) is 0.857. The maximum Gasteiger partial charge on any atom is 0.0304 e. The van der Waals surface area contributed by atoms with Crippen molar-refractivity contribution in [3.63, 3.8) is 0 Å². The van der Waals surface area contributed by atoms with E-state index in [2.05, 4.69) is 50.9 Å². The number of allylic oxidation sites excluding steroid dienone is 1. The second kappa shape index (κ2) is 5.83. The maximum absolute atomic E-state index is 3.74. The van der Waals surface area contributed by atoms with Gasteiger partial charge in [0.1, 0.15) is 0 Å². The fourth-order valence-corrected chi connectivity index (χ4v) is 2.36. The maximum atomic E-state index is 3.74. The molecule has 1 N–H and O–H groups in total. The molecule has 1 rings (SSSR count). The summed E-state index contributed by atoms with van der Waals surface area (Å²) in [6.07, 6.45) is 4.79. The molecule has 94 valence electrons. The first kappa shape index (κ1) is 13.7. The van der Waals surface area contributed by atoms with E-state index >= 15 is 0 Å². The molecule has 2 nitrogen and oxygen atoms in total. The van der Waals surface area contributed by atoms with Gasteiger partial charge in [-0.15, -0.1) is 0 Å². The van der Waals surface area contributed by atoms with Crippen molar-refractivity contribution < 1.29 is 0 Å². The monoisotopic (exact) mass is 224 g/mol. The highest BCUT2D eigenvalue weighted by molar-refractivity contribution is 5.00. The lowest BCUT2D eigenvalue weighted by molar-refractivity contribution is 0.0913. The molecule has 1 aliphatic rings. The summed E-state index contributed by atoms with van der Waals surface area (Å²) in [6, 6.07) is 0.654. The van der Waals surface area contributed by atoms with Gasteiger partial charge in [-0.3, -0.25) is 4.90 Å². The number of rotatable bonds is 4. The quantitative estimate of drug-likeness (QED) is 0.739. The SMILES string of the molecule is CCC1(CC)CN(CC=C(C)C)C(C)CN1. The zero-order valence-corrected chi connectivity index (χ0v) is 11.6. The summed E-state index contributed by atoms with van der Waals surface area (Å²) in [5.74, 6) is 0. The third-order valence-electron chi connectivity index (χ3n) is 3.99. The Morgan fingerprint density at radius 2 is 2.00 bits per heavy atom. The van der Waals surface area contributed by atoms with Gasteiger partial charge in [-0.2, -0.15) is 0 Å². The van der Waals surface area contributed by atoms with Crippen molar-refractivity contribution in [1.82, 2.24) is 10.2 Å². The van der Waals surface area contributed by atoms with Crippen LogP contribution in [0.4, 0.5) is 0 Å². The molecule has 16 heavy (non-hydrogen) atoms. The second-order valence-corrected chi connectivity index (χ2v) is 5.43. The predicted molar refractivity (Wildman–Crippen MR) is 71.8 cm³/mol. The minimum atomic E-state index is 0.349. The Balaban J connectivity index is 2.64. The summed E-state index contributed by atoms with van der Waals surface area (Å²) in [4.78, 5) is 2.61. The summed E-state index contributed by atoms with van der Waals surface area (Å²) in [5, 5.41) is 3.74. The molecule has 1 heterocycles. The molecule has 0 aromatic rings. The average Bonchev–Trinajstić information content (AvgIpc) is 2.28. The zero-order chi connectivity index (χ0) is 12.2. The number of piperazine rings is 1. The van der Waals surface area contributed by atoms with E-state index < -0.39 is 0 Å². The molecule has 1 aliphatic heterocycles. The standard InChI is InChI=1S/C14H28N2/c1-6-14(7-2)11-16(9-8-12(3)4)13(5)10-15-14/h8,13,15H,6-7,9-11H2,1-5H3. The highest BCUT2D eigenvalue weighted by Crippen LogP contribution is 2.22. The highest BCUT2D eigenvalue weighted by Gasteiger charge is 2.34. The van der Waals surface area contributed by atoms with Crippen molar-refractivity contribution in [2.75, 3.05) is 19.6 Å². The summed E-state index contributed by atoms with van der Waals surface area (Å²) in [5.41, 5.74) is 1.77. The topological polar surface area (TPSA) is 15.3 Å². The smallest absolute Gasteiger partial charge is 0.0304 e. The molecule has 0 bridgehead atoms. The van der Waals surface area contributed by atoms with Crippen molar-refractivity contribution >= 4 is 0 Å². The van der Waals surface area contributed by atoms with Crippen LogP contribution in [0.2, 0.25) is 0 Å². The molecule has 0 radical (unpaired) electrons. The minimum Gasteiger partial charge on any atom is -0.308 e. The summed E-state index contributed by atoms with van der Waals surface area (Å²) < 4.78 is 0. The molecule has 0 spiro atoms. The molecule has 0 aliphatic carbocycles. The Hall–Kier alpha value is -0.340. The number of nitrogens with zero attached hydrogens (tertiary/aromatic N) is 1. The van der Waals surface area contributed by atoms with Gasteiger partial charge in [0.2, 0.25) is 0 Å². The first-order chi connectivity index (χ1) is 7.53. The van der Waals surface area contributed by atoms with Gasteiger partial charge in [0, 0.05) is 31.2 Å². The molecular formula is C14H28N2. The minimum absolute atomic E-state index is 0.349. The Morgan fingerprint density at radius 3 is 2.50 bits per heavy atom. The molecular weight excluding hydrogens is 196 g/mol. The van der Waals surface area contributed by atoms with Gasteiger partial charge in [0.05, 0.1) is 0 Å². The average molecular weight is 224 g/mol. The van der Waals surface area contributed by atoms with E-state index in [9.17, 15) is 0 Å². The van der Waals surface area contributed by atoms with E-state index in [0.29, 0.717) is 11.6 Å². The van der Waals surface area contributed by atoms with Crippen LogP contribution in [0, 0.1) is 0 Å². The van der Waals surface area contributed by atoms with Crippen LogP contribution in [0.3, 0.4) is 0 Å². The largest absolute Gasteiger partial charge is 0.308 e. The van der Waals surface area contributed by atoms with Crippen molar-refractivity contribution in [3.05, 3.63) is 11.6 Å². The summed E-state index contributed by atoms with van der Waals surface area (Å²) in [7, 11) is 0. The van der Waals surface area contributed by atoms with E-state index in [0.717, 1.165) is 13.1 Å². The van der Waals surface area contributed by atoms with Crippen molar-refractivity contribution in [2.45, 2.75) is 59.0 Å². The van der Waals surface area contributed by atoms with Crippen LogP contribution in [0.1, 0.15) is 47.5 Å². The Labute approximate surface area is 101 Å². The molecule has 1 unspecified atom stereocenters. The number of hydrogen-bond donors (Lipinski definition) is 1. The molecule has 0 saturated carbocycles. The molecule has 1 atom stereocenters. The van der Waals surface area contributed by atoms with Crippen LogP contribution in [0.5, 0.6) is 0 Å². The van der Waals surface area contributed by atoms with E-state index in [1.54, 1.807) is 0 Å². The van der Waals surface area contributed by atoms with Crippen LogP contribution < -0.4 is 5.32 Å². The summed E-state index contributed by atoms with van der Waals surface area (Å²) >= 11 is 0. The Kier molecular flexibility index (Phi) is 5.00. The van der Waals surface area contributed by atoms with Crippen LogP contribution in [0.25, 0.3) is 0 Å². The predicted octanol–water partition coefficient (Wildman–Crippen LogP) is 2.81. The highest BCUT2D eigenvalue weighted by atomic mass is 15.2. The molecule has 0 aromatic heterocycles. The second-order valence-electron chi connectivity index (χ2n) is 5.43. The van der Waals surface area contributed by atoms with Gasteiger partial charge in [-0.05, 0) is 33.6 Å². The fourth-order valence-electron chi connectivity index (χ4n) is 2.36.